The predicted octanol–water partition coefficient (Wildman–Crippen LogP) is 2.58. The van der Waals surface area contributed by atoms with E-state index >= 15 is 0 Å². The minimum atomic E-state index is -0.657. The zero-order valence-electron chi connectivity index (χ0n) is 17.2. The highest BCUT2D eigenvalue weighted by molar-refractivity contribution is 5.96. The molecule has 2 aliphatic heterocycles. The van der Waals surface area contributed by atoms with E-state index in [1.807, 2.05) is 41.4 Å². The van der Waals surface area contributed by atoms with Crippen LogP contribution in [0.5, 0.6) is 0 Å². The molecule has 162 valence electrons. The average Bonchev–Trinajstić information content (AvgIpc) is 3.48. The second-order valence-electron chi connectivity index (χ2n) is 7.97. The second-order valence-corrected chi connectivity index (χ2v) is 7.97. The Kier molecular flexibility index (Phi) is 7.50. The number of piperidine rings is 1. The first-order valence-corrected chi connectivity index (χ1v) is 10.6. The number of nitrogens with one attached hydrogen (secondary N) is 2. The lowest BCUT2D eigenvalue weighted by Gasteiger charge is -2.36. The number of amides is 2. The SMILES string of the molecule is Cl.O=C(CCc1ccc(NC(=O)C2(n3cccn3)CCNCC2)cc1)N1CCCC1. The highest BCUT2D eigenvalue weighted by Crippen LogP contribution is 2.28. The standard InChI is InChI=1S/C22H29N5O2.ClH/c28-20(26-15-1-2-16-26)9-6-18-4-7-19(8-5-18)25-21(29)22(10-13-23-14-11-22)27-17-3-12-24-27;/h3-5,7-8,12,17,23H,1-2,6,9-11,13-16H2,(H,25,29);1H. The van der Waals surface area contributed by atoms with Gasteiger partial charge < -0.3 is 15.5 Å². The normalized spacial score (nSPS) is 17.9. The molecule has 0 bridgehead atoms. The van der Waals surface area contributed by atoms with Crippen LogP contribution in [0.15, 0.2) is 42.7 Å². The van der Waals surface area contributed by atoms with Crippen LogP contribution in [0.25, 0.3) is 0 Å². The van der Waals surface area contributed by atoms with Gasteiger partial charge in [0.1, 0.15) is 5.54 Å². The molecule has 2 aromatic rings. The maximum Gasteiger partial charge on any atom is 0.252 e. The molecule has 0 aliphatic carbocycles. The van der Waals surface area contributed by atoms with Crippen LogP contribution in [-0.4, -0.2) is 52.7 Å². The number of aryl methyl sites for hydroxylation is 1. The second kappa shape index (κ2) is 10.1. The van der Waals surface area contributed by atoms with E-state index in [4.69, 9.17) is 0 Å². The highest BCUT2D eigenvalue weighted by Gasteiger charge is 2.42. The van der Waals surface area contributed by atoms with Crippen LogP contribution in [0.4, 0.5) is 5.69 Å². The Labute approximate surface area is 183 Å². The molecule has 1 aromatic heterocycles. The van der Waals surface area contributed by atoms with Crippen LogP contribution in [0.2, 0.25) is 0 Å². The fraction of sp³-hybridized carbons (Fsp3) is 0.500. The van der Waals surface area contributed by atoms with E-state index in [0.717, 1.165) is 56.7 Å². The number of likely N-dealkylation sites (tertiary alicyclic amines) is 1. The summed E-state index contributed by atoms with van der Waals surface area (Å²) < 4.78 is 1.79. The van der Waals surface area contributed by atoms with Crippen molar-refractivity contribution in [3.8, 4) is 0 Å². The van der Waals surface area contributed by atoms with Gasteiger partial charge in [0.05, 0.1) is 0 Å². The van der Waals surface area contributed by atoms with Crippen LogP contribution in [-0.2, 0) is 21.5 Å². The number of anilines is 1. The molecule has 7 nitrogen and oxygen atoms in total. The fourth-order valence-corrected chi connectivity index (χ4v) is 4.30. The summed E-state index contributed by atoms with van der Waals surface area (Å²) in [4.78, 5) is 27.4. The van der Waals surface area contributed by atoms with Gasteiger partial charge >= 0.3 is 0 Å². The molecule has 2 saturated heterocycles. The van der Waals surface area contributed by atoms with E-state index in [1.165, 1.54) is 0 Å². The quantitative estimate of drug-likeness (QED) is 0.736. The first-order valence-electron chi connectivity index (χ1n) is 10.6. The fourth-order valence-electron chi connectivity index (χ4n) is 4.30. The third-order valence-electron chi connectivity index (χ3n) is 6.09. The summed E-state index contributed by atoms with van der Waals surface area (Å²) in [7, 11) is 0. The van der Waals surface area contributed by atoms with Gasteiger partial charge in [0.25, 0.3) is 5.91 Å². The van der Waals surface area contributed by atoms with Gasteiger partial charge in [-0.1, -0.05) is 12.1 Å². The maximum absolute atomic E-state index is 13.2. The molecule has 2 amide bonds. The van der Waals surface area contributed by atoms with Crippen LogP contribution < -0.4 is 10.6 Å². The molecule has 2 N–H and O–H groups in total. The van der Waals surface area contributed by atoms with Gasteiger partial charge in [-0.05, 0) is 69.0 Å². The van der Waals surface area contributed by atoms with Gasteiger partial charge in [-0.25, -0.2) is 0 Å². The van der Waals surface area contributed by atoms with E-state index < -0.39 is 5.54 Å². The molecule has 0 atom stereocenters. The molecule has 2 aliphatic rings. The van der Waals surface area contributed by atoms with Crippen molar-refractivity contribution in [3.05, 3.63) is 48.3 Å². The lowest BCUT2D eigenvalue weighted by molar-refractivity contribution is -0.130. The molecule has 8 heteroatoms. The van der Waals surface area contributed by atoms with Crippen molar-refractivity contribution in [2.45, 2.75) is 44.1 Å². The molecule has 0 saturated carbocycles. The first-order chi connectivity index (χ1) is 14.2. The van der Waals surface area contributed by atoms with Crippen molar-refractivity contribution in [2.75, 3.05) is 31.5 Å². The summed E-state index contributed by atoms with van der Waals surface area (Å²) in [5.74, 6) is 0.214. The van der Waals surface area contributed by atoms with E-state index in [2.05, 4.69) is 15.7 Å². The van der Waals surface area contributed by atoms with E-state index in [-0.39, 0.29) is 24.2 Å². The van der Waals surface area contributed by atoms with Crippen molar-refractivity contribution in [2.24, 2.45) is 0 Å². The average molecular weight is 432 g/mol. The van der Waals surface area contributed by atoms with Crippen molar-refractivity contribution in [3.63, 3.8) is 0 Å². The van der Waals surface area contributed by atoms with Crippen molar-refractivity contribution >= 4 is 29.9 Å². The van der Waals surface area contributed by atoms with Gasteiger partial charge in [0.15, 0.2) is 0 Å². The Bertz CT molecular complexity index is 826. The van der Waals surface area contributed by atoms with Gasteiger partial charge in [0, 0.05) is 37.6 Å². The van der Waals surface area contributed by atoms with Crippen LogP contribution in [0.1, 0.15) is 37.7 Å². The largest absolute Gasteiger partial charge is 0.343 e. The number of nitrogens with zero attached hydrogens (tertiary/aromatic N) is 3. The summed E-state index contributed by atoms with van der Waals surface area (Å²) in [6.07, 6.45) is 8.51. The van der Waals surface area contributed by atoms with Gasteiger partial charge in [-0.15, -0.1) is 12.4 Å². The number of rotatable bonds is 6. The number of aromatic nitrogens is 2. The summed E-state index contributed by atoms with van der Waals surface area (Å²) in [6, 6.07) is 9.69. The third kappa shape index (κ3) is 4.84. The monoisotopic (exact) mass is 431 g/mol. The molecule has 30 heavy (non-hydrogen) atoms. The summed E-state index contributed by atoms with van der Waals surface area (Å²) in [5, 5.41) is 10.7. The highest BCUT2D eigenvalue weighted by atomic mass is 35.5. The predicted molar refractivity (Wildman–Crippen MR) is 119 cm³/mol. The van der Waals surface area contributed by atoms with E-state index in [9.17, 15) is 9.59 Å². The Morgan fingerprint density at radius 2 is 1.80 bits per heavy atom. The summed E-state index contributed by atoms with van der Waals surface area (Å²) >= 11 is 0. The van der Waals surface area contributed by atoms with Crippen molar-refractivity contribution in [1.82, 2.24) is 20.0 Å². The number of carbonyl (C=O) groups excluding carboxylic acids is 2. The Morgan fingerprint density at radius 1 is 1.10 bits per heavy atom. The minimum absolute atomic E-state index is 0. The number of hydrogen-bond acceptors (Lipinski definition) is 4. The molecule has 2 fully saturated rings. The number of hydrogen-bond donors (Lipinski definition) is 2. The number of benzene rings is 1. The molecular weight excluding hydrogens is 402 g/mol. The number of carbonyl (C=O) groups is 2. The van der Waals surface area contributed by atoms with Gasteiger partial charge in [-0.2, -0.15) is 5.10 Å². The van der Waals surface area contributed by atoms with Gasteiger partial charge in [0.2, 0.25) is 5.91 Å². The maximum atomic E-state index is 13.2. The van der Waals surface area contributed by atoms with E-state index in [0.29, 0.717) is 19.3 Å². The van der Waals surface area contributed by atoms with Crippen LogP contribution in [0.3, 0.4) is 0 Å². The van der Waals surface area contributed by atoms with E-state index in [1.54, 1.807) is 10.9 Å². The molecular formula is C22H30ClN5O2. The Hall–Kier alpha value is -2.38. The third-order valence-corrected chi connectivity index (χ3v) is 6.09. The molecule has 0 spiro atoms. The van der Waals surface area contributed by atoms with Crippen molar-refractivity contribution in [1.29, 1.82) is 0 Å². The molecule has 1 aromatic carbocycles. The summed E-state index contributed by atoms with van der Waals surface area (Å²) in [6.45, 7) is 3.38. The molecule has 0 radical (unpaired) electrons. The lowest BCUT2D eigenvalue weighted by Crippen LogP contribution is -2.52. The molecule has 3 heterocycles. The topological polar surface area (TPSA) is 79.3 Å². The smallest absolute Gasteiger partial charge is 0.252 e. The first kappa shape index (κ1) is 22.3. The van der Waals surface area contributed by atoms with Gasteiger partial charge in [-0.3, -0.25) is 14.3 Å². The number of halogens is 1. The molecule has 4 rings (SSSR count). The van der Waals surface area contributed by atoms with Crippen molar-refractivity contribution < 1.29 is 9.59 Å². The molecule has 0 unspecified atom stereocenters. The Balaban J connectivity index is 0.00000256. The zero-order valence-corrected chi connectivity index (χ0v) is 18.0. The Morgan fingerprint density at radius 3 is 2.43 bits per heavy atom. The van der Waals surface area contributed by atoms with Crippen LogP contribution in [0, 0.1) is 0 Å². The summed E-state index contributed by atoms with van der Waals surface area (Å²) in [5.41, 5.74) is 1.23. The minimum Gasteiger partial charge on any atom is -0.343 e. The lowest BCUT2D eigenvalue weighted by atomic mass is 9.87. The zero-order chi connectivity index (χ0) is 20.1. The van der Waals surface area contributed by atoms with Crippen LogP contribution >= 0.6 is 12.4 Å².